The minimum Gasteiger partial charge on any atom is -0.282 e. The molecule has 0 bridgehead atoms. The maximum absolute atomic E-state index is 10.5. The third-order valence-electron chi connectivity index (χ3n) is 1.94. The lowest BCUT2D eigenvalue weighted by Gasteiger charge is -1.90. The van der Waals surface area contributed by atoms with Gasteiger partial charge in [0.1, 0.15) is 0 Å². The average molecular weight is 177 g/mol. The van der Waals surface area contributed by atoms with Gasteiger partial charge in [-0.05, 0) is 13.0 Å². The van der Waals surface area contributed by atoms with Gasteiger partial charge in [0, 0.05) is 23.2 Å². The second kappa shape index (κ2) is 2.55. The lowest BCUT2D eigenvalue weighted by atomic mass is 10.2. The van der Waals surface area contributed by atoms with Gasteiger partial charge in [-0.15, -0.1) is 0 Å². The summed E-state index contributed by atoms with van der Waals surface area (Å²) in [7, 11) is 0. The molecule has 13 heavy (non-hydrogen) atoms. The van der Waals surface area contributed by atoms with E-state index in [-0.39, 0.29) is 5.69 Å². The van der Waals surface area contributed by atoms with Gasteiger partial charge in [0.2, 0.25) is 0 Å². The summed E-state index contributed by atoms with van der Waals surface area (Å²) < 4.78 is 0. The number of nitrogens with zero attached hydrogens (tertiary/aromatic N) is 2. The van der Waals surface area contributed by atoms with Crippen molar-refractivity contribution in [3.63, 3.8) is 0 Å². The number of nitrogens with one attached hydrogen (secondary N) is 1. The van der Waals surface area contributed by atoms with Crippen molar-refractivity contribution in [3.05, 3.63) is 34.0 Å². The molecule has 1 heterocycles. The number of rotatable bonds is 1. The summed E-state index contributed by atoms with van der Waals surface area (Å²) >= 11 is 0. The number of benzene rings is 1. The summed E-state index contributed by atoms with van der Waals surface area (Å²) in [6.45, 7) is 1.83. The Morgan fingerprint density at radius 1 is 1.54 bits per heavy atom. The van der Waals surface area contributed by atoms with Crippen LogP contribution in [0.15, 0.2) is 18.2 Å². The molecule has 1 N–H and O–H groups in total. The molecule has 1 aromatic carbocycles. The highest BCUT2D eigenvalue weighted by Crippen LogP contribution is 2.20. The first-order chi connectivity index (χ1) is 6.18. The molecular formula is C8H7N3O2. The third-order valence-corrected chi connectivity index (χ3v) is 1.94. The number of aryl methyl sites for hydroxylation is 1. The Morgan fingerprint density at radius 2 is 2.31 bits per heavy atom. The number of hydrogen-bond donors (Lipinski definition) is 1. The zero-order chi connectivity index (χ0) is 9.42. The molecule has 0 saturated carbocycles. The Bertz CT molecular complexity index is 475. The molecule has 0 amide bonds. The average Bonchev–Trinajstić information content (AvgIpc) is 2.47. The van der Waals surface area contributed by atoms with Gasteiger partial charge in [-0.2, -0.15) is 5.10 Å². The molecular weight excluding hydrogens is 170 g/mol. The van der Waals surface area contributed by atoms with E-state index in [4.69, 9.17) is 0 Å². The number of nitro groups is 1. The van der Waals surface area contributed by atoms with E-state index in [2.05, 4.69) is 10.2 Å². The normalized spacial score (nSPS) is 10.5. The van der Waals surface area contributed by atoms with E-state index in [1.807, 2.05) is 6.92 Å². The smallest absolute Gasteiger partial charge is 0.270 e. The number of hydrogen-bond acceptors (Lipinski definition) is 3. The van der Waals surface area contributed by atoms with Crippen molar-refractivity contribution in [1.82, 2.24) is 10.2 Å². The first-order valence-corrected chi connectivity index (χ1v) is 3.77. The largest absolute Gasteiger partial charge is 0.282 e. The van der Waals surface area contributed by atoms with Crippen LogP contribution in [0.4, 0.5) is 5.69 Å². The molecule has 0 aliphatic heterocycles. The highest BCUT2D eigenvalue weighted by atomic mass is 16.6. The zero-order valence-corrected chi connectivity index (χ0v) is 6.94. The topological polar surface area (TPSA) is 71.8 Å². The molecule has 66 valence electrons. The van der Waals surface area contributed by atoms with Crippen LogP contribution in [-0.4, -0.2) is 15.1 Å². The molecule has 0 atom stereocenters. The predicted octanol–water partition coefficient (Wildman–Crippen LogP) is 1.78. The molecule has 0 radical (unpaired) electrons. The first-order valence-electron chi connectivity index (χ1n) is 3.77. The van der Waals surface area contributed by atoms with Crippen LogP contribution in [0.2, 0.25) is 0 Å². The van der Waals surface area contributed by atoms with Crippen LogP contribution in [0, 0.1) is 17.0 Å². The van der Waals surface area contributed by atoms with Crippen molar-refractivity contribution in [2.24, 2.45) is 0 Å². The van der Waals surface area contributed by atoms with E-state index in [9.17, 15) is 10.1 Å². The van der Waals surface area contributed by atoms with Crippen molar-refractivity contribution in [1.29, 1.82) is 0 Å². The lowest BCUT2D eigenvalue weighted by Crippen LogP contribution is -1.86. The number of aromatic amines is 1. The van der Waals surface area contributed by atoms with Gasteiger partial charge < -0.3 is 0 Å². The molecule has 0 spiro atoms. The van der Waals surface area contributed by atoms with Crippen LogP contribution in [0.5, 0.6) is 0 Å². The highest BCUT2D eigenvalue weighted by molar-refractivity contribution is 5.83. The van der Waals surface area contributed by atoms with Crippen LogP contribution < -0.4 is 0 Å². The van der Waals surface area contributed by atoms with Gasteiger partial charge in [-0.25, -0.2) is 0 Å². The molecule has 0 aliphatic carbocycles. The van der Waals surface area contributed by atoms with Gasteiger partial charge in [0.05, 0.1) is 10.4 Å². The molecule has 5 nitrogen and oxygen atoms in total. The molecule has 2 rings (SSSR count). The quantitative estimate of drug-likeness (QED) is 0.533. The molecule has 2 aromatic rings. The number of nitro benzene ring substituents is 1. The third kappa shape index (κ3) is 1.14. The van der Waals surface area contributed by atoms with Gasteiger partial charge in [0.15, 0.2) is 0 Å². The van der Waals surface area contributed by atoms with Gasteiger partial charge in [-0.1, -0.05) is 0 Å². The Morgan fingerprint density at radius 3 is 3.00 bits per heavy atom. The van der Waals surface area contributed by atoms with Gasteiger partial charge in [-0.3, -0.25) is 15.2 Å². The maximum atomic E-state index is 10.5. The van der Waals surface area contributed by atoms with Crippen molar-refractivity contribution >= 4 is 16.6 Å². The Hall–Kier alpha value is -1.91. The van der Waals surface area contributed by atoms with Crippen molar-refractivity contribution in [2.75, 3.05) is 0 Å². The maximum Gasteiger partial charge on any atom is 0.270 e. The van der Waals surface area contributed by atoms with E-state index >= 15 is 0 Å². The van der Waals surface area contributed by atoms with Crippen LogP contribution in [0.3, 0.4) is 0 Å². The summed E-state index contributed by atoms with van der Waals surface area (Å²) in [6.07, 6.45) is 0. The molecule has 0 unspecified atom stereocenters. The number of aromatic nitrogens is 2. The van der Waals surface area contributed by atoms with Gasteiger partial charge >= 0.3 is 0 Å². The van der Waals surface area contributed by atoms with Crippen LogP contribution >= 0.6 is 0 Å². The standard InChI is InChI=1S/C8H7N3O2/c1-5-7-4-6(11(12)13)2-3-8(7)10-9-5/h2-4H,1H3,(H,9,10). The molecule has 0 saturated heterocycles. The van der Waals surface area contributed by atoms with Crippen molar-refractivity contribution in [2.45, 2.75) is 6.92 Å². The summed E-state index contributed by atoms with van der Waals surface area (Å²) in [6, 6.07) is 4.60. The number of non-ortho nitro benzene ring substituents is 1. The second-order valence-electron chi connectivity index (χ2n) is 2.81. The summed E-state index contributed by atoms with van der Waals surface area (Å²) in [5, 5.41) is 18.0. The first kappa shape index (κ1) is 7.72. The fourth-order valence-electron chi connectivity index (χ4n) is 1.24. The molecule has 5 heteroatoms. The van der Waals surface area contributed by atoms with Crippen molar-refractivity contribution in [3.8, 4) is 0 Å². The fraction of sp³-hybridized carbons (Fsp3) is 0.125. The molecule has 0 aliphatic rings. The molecule has 1 aromatic heterocycles. The minimum absolute atomic E-state index is 0.0944. The Kier molecular flexibility index (Phi) is 1.51. The lowest BCUT2D eigenvalue weighted by molar-refractivity contribution is -0.384. The van der Waals surface area contributed by atoms with Crippen LogP contribution in [0.1, 0.15) is 5.69 Å². The summed E-state index contributed by atoms with van der Waals surface area (Å²) in [4.78, 5) is 10.0. The monoisotopic (exact) mass is 177 g/mol. The van der Waals surface area contributed by atoms with Crippen LogP contribution in [0.25, 0.3) is 10.9 Å². The SMILES string of the molecule is Cc1[nH]nc2ccc([N+](=O)[O-])cc12. The van der Waals surface area contributed by atoms with Crippen LogP contribution in [-0.2, 0) is 0 Å². The summed E-state index contributed by atoms with van der Waals surface area (Å²) in [5.74, 6) is 0. The van der Waals surface area contributed by atoms with E-state index in [1.54, 1.807) is 6.07 Å². The molecule has 0 fully saturated rings. The van der Waals surface area contributed by atoms with E-state index in [0.717, 1.165) is 16.6 Å². The highest BCUT2D eigenvalue weighted by Gasteiger charge is 2.08. The minimum atomic E-state index is -0.411. The Balaban J connectivity index is 2.72. The van der Waals surface area contributed by atoms with E-state index in [1.165, 1.54) is 12.1 Å². The van der Waals surface area contributed by atoms with Gasteiger partial charge in [0.25, 0.3) is 5.69 Å². The predicted molar refractivity (Wildman–Crippen MR) is 47.5 cm³/mol. The Labute approximate surface area is 73.5 Å². The van der Waals surface area contributed by atoms with Crippen molar-refractivity contribution < 1.29 is 4.92 Å². The number of fused-ring (bicyclic) bond motifs is 1. The van der Waals surface area contributed by atoms with E-state index in [0.29, 0.717) is 0 Å². The summed E-state index contributed by atoms with van der Waals surface area (Å²) in [5.41, 5.74) is 1.69. The fourth-order valence-corrected chi connectivity index (χ4v) is 1.24. The zero-order valence-electron chi connectivity index (χ0n) is 6.94. The second-order valence-corrected chi connectivity index (χ2v) is 2.81. The number of H-pyrrole nitrogens is 1. The van der Waals surface area contributed by atoms with E-state index < -0.39 is 4.92 Å².